The lowest BCUT2D eigenvalue weighted by Gasteiger charge is -2.28. The van der Waals surface area contributed by atoms with Gasteiger partial charge in [-0.15, -0.1) is 0 Å². The van der Waals surface area contributed by atoms with Crippen LogP contribution in [0.2, 0.25) is 0 Å². The lowest BCUT2D eigenvalue weighted by molar-refractivity contribution is 0.142. The van der Waals surface area contributed by atoms with Crippen LogP contribution in [-0.2, 0) is 6.54 Å². The van der Waals surface area contributed by atoms with Crippen LogP contribution in [0.3, 0.4) is 0 Å². The third-order valence-corrected chi connectivity index (χ3v) is 4.49. The number of hydrogen-bond donors (Lipinski definition) is 3. The topological polar surface area (TPSA) is 66.9 Å². The quantitative estimate of drug-likeness (QED) is 0.790. The summed E-state index contributed by atoms with van der Waals surface area (Å²) in [7, 11) is 4.10. The Hall–Kier alpha value is -1.96. The number of benzene rings is 1. The minimum absolute atomic E-state index is 0.361. The highest BCUT2D eigenvalue weighted by molar-refractivity contribution is 6.14. The van der Waals surface area contributed by atoms with Crippen molar-refractivity contribution < 1.29 is 9.50 Å². The van der Waals surface area contributed by atoms with E-state index in [1.807, 2.05) is 0 Å². The maximum Gasteiger partial charge on any atom is 0.166 e. The zero-order valence-electron chi connectivity index (χ0n) is 13.2. The lowest BCUT2D eigenvalue weighted by atomic mass is 9.97. The molecular weight excluding hydrogens is 297 g/mol. The van der Waals surface area contributed by atoms with Crippen LogP contribution in [0, 0.1) is 5.82 Å². The molecule has 7 heteroatoms. The highest BCUT2D eigenvalue weighted by Crippen LogP contribution is 2.35. The SMILES string of the molecule is CN(C)CCN1CC2=NNC(O)c3cc(F)cc4[nH]c(c2c34)C1. The van der Waals surface area contributed by atoms with Gasteiger partial charge in [0.25, 0.3) is 0 Å². The van der Waals surface area contributed by atoms with E-state index < -0.39 is 6.23 Å². The van der Waals surface area contributed by atoms with Gasteiger partial charge >= 0.3 is 0 Å². The molecule has 2 aromatic rings. The Labute approximate surface area is 133 Å². The normalized spacial score (nSPS) is 20.6. The Morgan fingerprint density at radius 3 is 3.00 bits per heavy atom. The molecule has 4 rings (SSSR count). The van der Waals surface area contributed by atoms with Crippen molar-refractivity contribution >= 4 is 16.6 Å². The first kappa shape index (κ1) is 14.6. The second-order valence-corrected chi connectivity index (χ2v) is 6.50. The number of likely N-dealkylation sites (N-methyl/N-ethyl adjacent to an activating group) is 1. The molecule has 1 aromatic heterocycles. The number of hydrazone groups is 1. The molecule has 0 aliphatic carbocycles. The number of nitrogens with one attached hydrogen (secondary N) is 2. The first-order chi connectivity index (χ1) is 11.0. The Morgan fingerprint density at radius 1 is 1.39 bits per heavy atom. The van der Waals surface area contributed by atoms with Crippen molar-refractivity contribution in [3.05, 3.63) is 34.8 Å². The molecule has 2 aliphatic heterocycles. The third kappa shape index (κ3) is 2.41. The second kappa shape index (κ2) is 5.30. The van der Waals surface area contributed by atoms with Crippen LogP contribution in [0.4, 0.5) is 4.39 Å². The number of rotatable bonds is 3. The van der Waals surface area contributed by atoms with Crippen molar-refractivity contribution in [2.24, 2.45) is 5.10 Å². The average Bonchev–Trinajstić information content (AvgIpc) is 2.79. The van der Waals surface area contributed by atoms with Crippen LogP contribution in [0.5, 0.6) is 0 Å². The molecular formula is C16H20FN5O. The number of halogens is 1. The fraction of sp³-hybridized carbons (Fsp3) is 0.438. The van der Waals surface area contributed by atoms with Crippen molar-refractivity contribution in [3.63, 3.8) is 0 Å². The van der Waals surface area contributed by atoms with Gasteiger partial charge in [-0.1, -0.05) is 0 Å². The number of aromatic amines is 1. The van der Waals surface area contributed by atoms with E-state index in [1.54, 1.807) is 0 Å². The largest absolute Gasteiger partial charge is 0.368 e. The predicted octanol–water partition coefficient (Wildman–Crippen LogP) is 0.982. The summed E-state index contributed by atoms with van der Waals surface area (Å²) in [5, 5.41) is 15.5. The maximum absolute atomic E-state index is 13.8. The molecule has 3 N–H and O–H groups in total. The monoisotopic (exact) mass is 317 g/mol. The number of hydrogen-bond acceptors (Lipinski definition) is 5. The van der Waals surface area contributed by atoms with Gasteiger partial charge < -0.3 is 15.0 Å². The number of aliphatic hydroxyl groups excluding tert-OH is 1. The minimum Gasteiger partial charge on any atom is -0.368 e. The molecule has 0 fully saturated rings. The van der Waals surface area contributed by atoms with Crippen molar-refractivity contribution in [2.45, 2.75) is 12.8 Å². The first-order valence-electron chi connectivity index (χ1n) is 7.74. The average molecular weight is 317 g/mol. The Kier molecular flexibility index (Phi) is 3.37. The molecule has 1 atom stereocenters. The molecule has 1 aromatic carbocycles. The fourth-order valence-electron chi connectivity index (χ4n) is 3.40. The summed E-state index contributed by atoms with van der Waals surface area (Å²) < 4.78 is 13.8. The van der Waals surface area contributed by atoms with Crippen molar-refractivity contribution in [1.29, 1.82) is 0 Å². The van der Waals surface area contributed by atoms with Crippen molar-refractivity contribution in [3.8, 4) is 0 Å². The van der Waals surface area contributed by atoms with Gasteiger partial charge in [-0.05, 0) is 26.2 Å². The smallest absolute Gasteiger partial charge is 0.166 e. The zero-order valence-corrected chi connectivity index (χ0v) is 13.2. The molecule has 6 nitrogen and oxygen atoms in total. The van der Waals surface area contributed by atoms with Crippen LogP contribution in [0.1, 0.15) is 23.0 Å². The number of H-pyrrole nitrogens is 1. The maximum atomic E-state index is 13.8. The summed E-state index contributed by atoms with van der Waals surface area (Å²) in [6.07, 6.45) is -0.999. The molecule has 0 saturated carbocycles. The van der Waals surface area contributed by atoms with Crippen LogP contribution in [0.25, 0.3) is 10.9 Å². The summed E-state index contributed by atoms with van der Waals surface area (Å²) in [6, 6.07) is 2.86. The number of aromatic nitrogens is 1. The molecule has 0 radical (unpaired) electrons. The van der Waals surface area contributed by atoms with Gasteiger partial charge in [0.15, 0.2) is 6.23 Å². The molecule has 2 aliphatic rings. The second-order valence-electron chi connectivity index (χ2n) is 6.50. The van der Waals surface area contributed by atoms with E-state index in [0.29, 0.717) is 12.1 Å². The molecule has 1 unspecified atom stereocenters. The lowest BCUT2D eigenvalue weighted by Crippen LogP contribution is -2.39. The van der Waals surface area contributed by atoms with Gasteiger partial charge in [0.1, 0.15) is 5.82 Å². The molecule has 0 saturated heterocycles. The van der Waals surface area contributed by atoms with E-state index in [9.17, 15) is 9.50 Å². The van der Waals surface area contributed by atoms with Gasteiger partial charge in [0, 0.05) is 53.9 Å². The van der Waals surface area contributed by atoms with E-state index in [0.717, 1.165) is 47.5 Å². The van der Waals surface area contributed by atoms with Gasteiger partial charge in [-0.2, -0.15) is 5.10 Å². The van der Waals surface area contributed by atoms with Crippen LogP contribution in [-0.4, -0.2) is 59.3 Å². The highest BCUT2D eigenvalue weighted by atomic mass is 19.1. The predicted molar refractivity (Wildman–Crippen MR) is 86.7 cm³/mol. The molecule has 122 valence electrons. The Bertz CT molecular complexity index is 797. The third-order valence-electron chi connectivity index (χ3n) is 4.49. The van der Waals surface area contributed by atoms with Gasteiger partial charge in [0.2, 0.25) is 0 Å². The standard InChI is InChI=1S/C16H20FN5O/c1-21(2)3-4-22-7-12-15-13(8-22)19-20-16(23)10-5-9(17)6-11(18-12)14(10)15/h5-6,16,18,20,23H,3-4,7-8H2,1-2H3. The number of aliphatic hydroxyl groups is 1. The molecule has 0 bridgehead atoms. The summed E-state index contributed by atoms with van der Waals surface area (Å²) in [5.41, 5.74) is 6.93. The zero-order chi connectivity index (χ0) is 16.1. The summed E-state index contributed by atoms with van der Waals surface area (Å²) in [5.74, 6) is -0.361. The van der Waals surface area contributed by atoms with E-state index in [2.05, 4.69) is 39.4 Å². The van der Waals surface area contributed by atoms with E-state index >= 15 is 0 Å². The van der Waals surface area contributed by atoms with Gasteiger partial charge in [-0.25, -0.2) is 4.39 Å². The molecule has 23 heavy (non-hydrogen) atoms. The van der Waals surface area contributed by atoms with Crippen LogP contribution >= 0.6 is 0 Å². The summed E-state index contributed by atoms with van der Waals surface area (Å²) in [4.78, 5) is 7.76. The van der Waals surface area contributed by atoms with Crippen LogP contribution in [0.15, 0.2) is 17.2 Å². The van der Waals surface area contributed by atoms with Gasteiger partial charge in [-0.3, -0.25) is 10.3 Å². The van der Waals surface area contributed by atoms with E-state index in [1.165, 1.54) is 12.1 Å². The van der Waals surface area contributed by atoms with E-state index in [4.69, 9.17) is 0 Å². The summed E-state index contributed by atoms with van der Waals surface area (Å²) in [6.45, 7) is 3.36. The van der Waals surface area contributed by atoms with Crippen molar-refractivity contribution in [1.82, 2.24) is 20.2 Å². The summed E-state index contributed by atoms with van der Waals surface area (Å²) >= 11 is 0. The Morgan fingerprint density at radius 2 is 2.22 bits per heavy atom. The van der Waals surface area contributed by atoms with Crippen molar-refractivity contribution in [2.75, 3.05) is 33.7 Å². The minimum atomic E-state index is -0.999. The van der Waals surface area contributed by atoms with Gasteiger partial charge in [0.05, 0.1) is 5.71 Å². The molecule has 0 spiro atoms. The molecule has 0 amide bonds. The Balaban J connectivity index is 1.82. The highest BCUT2D eigenvalue weighted by Gasteiger charge is 2.30. The van der Waals surface area contributed by atoms with E-state index in [-0.39, 0.29) is 5.82 Å². The van der Waals surface area contributed by atoms with Crippen LogP contribution < -0.4 is 5.43 Å². The fourth-order valence-corrected chi connectivity index (χ4v) is 3.40. The number of nitrogens with zero attached hydrogens (tertiary/aromatic N) is 3. The molecule has 3 heterocycles. The first-order valence-corrected chi connectivity index (χ1v) is 7.74.